The number of fused-ring (bicyclic) bond motifs is 3. The number of nitrogens with one attached hydrogen (secondary N) is 1. The average Bonchev–Trinajstić information content (AvgIpc) is 3.08. The van der Waals surface area contributed by atoms with Crippen LogP contribution in [0.3, 0.4) is 0 Å². The van der Waals surface area contributed by atoms with E-state index in [1.165, 1.54) is 5.56 Å². The summed E-state index contributed by atoms with van der Waals surface area (Å²) in [7, 11) is -3.44. The van der Waals surface area contributed by atoms with Gasteiger partial charge < -0.3 is 5.32 Å². The Morgan fingerprint density at radius 3 is 2.66 bits per heavy atom. The molecule has 1 fully saturated rings. The number of nitrogens with zero attached hydrogens (tertiary/aromatic N) is 2. The van der Waals surface area contributed by atoms with Crippen LogP contribution in [0.4, 0.5) is 5.69 Å². The molecule has 1 aromatic carbocycles. The largest absolute Gasteiger partial charge is 0.378 e. The summed E-state index contributed by atoms with van der Waals surface area (Å²) in [5.74, 6) is 0.610. The molecule has 0 spiro atoms. The van der Waals surface area contributed by atoms with Crippen LogP contribution >= 0.6 is 0 Å². The number of benzene rings is 1. The van der Waals surface area contributed by atoms with Crippen molar-refractivity contribution in [1.29, 1.82) is 0 Å². The van der Waals surface area contributed by atoms with Gasteiger partial charge in [0.1, 0.15) is 0 Å². The fourth-order valence-corrected chi connectivity index (χ4v) is 6.61. The van der Waals surface area contributed by atoms with Crippen LogP contribution in [-0.2, 0) is 10.0 Å². The highest BCUT2D eigenvalue weighted by Gasteiger charge is 2.39. The maximum Gasteiger partial charge on any atom is 0.243 e. The molecule has 3 atom stereocenters. The lowest BCUT2D eigenvalue weighted by Gasteiger charge is -2.37. The van der Waals surface area contributed by atoms with Crippen LogP contribution in [0.25, 0.3) is 0 Å². The number of pyridine rings is 1. The molecule has 0 radical (unpaired) electrons. The maximum absolute atomic E-state index is 13.3. The fourth-order valence-electron chi connectivity index (χ4n) is 5.05. The Bertz CT molecular complexity index is 1010. The van der Waals surface area contributed by atoms with Crippen LogP contribution in [0.2, 0.25) is 0 Å². The zero-order valence-electron chi connectivity index (χ0n) is 16.5. The van der Waals surface area contributed by atoms with Crippen LogP contribution in [0.15, 0.2) is 59.8 Å². The summed E-state index contributed by atoms with van der Waals surface area (Å²) in [5.41, 5.74) is 3.30. The second kappa shape index (κ2) is 7.58. The van der Waals surface area contributed by atoms with Gasteiger partial charge >= 0.3 is 0 Å². The van der Waals surface area contributed by atoms with Gasteiger partial charge in [-0.2, -0.15) is 4.31 Å². The van der Waals surface area contributed by atoms with E-state index in [1.54, 1.807) is 16.6 Å². The third-order valence-electron chi connectivity index (χ3n) is 6.58. The Balaban J connectivity index is 1.50. The standard InChI is InChI=1S/C23H27N3O2S/c27-29(28,26-13-3-1-2-4-14-26)18-10-11-22-21(15-18)19-8-5-9-20(19)23(25-22)17-7-6-12-24-16-17/h5-8,10-12,15-16,19-20,23,25H,1-4,9,13-14H2. The third-order valence-corrected chi connectivity index (χ3v) is 8.48. The highest BCUT2D eigenvalue weighted by molar-refractivity contribution is 7.89. The molecule has 1 aliphatic carbocycles. The molecule has 152 valence electrons. The fraction of sp³-hybridized carbons (Fsp3) is 0.435. The monoisotopic (exact) mass is 409 g/mol. The average molecular weight is 410 g/mol. The first-order chi connectivity index (χ1) is 14.1. The molecule has 2 aliphatic heterocycles. The normalized spacial score (nSPS) is 27.0. The van der Waals surface area contributed by atoms with Gasteiger partial charge in [-0.05, 0) is 60.6 Å². The van der Waals surface area contributed by atoms with Gasteiger partial charge in [0.05, 0.1) is 10.9 Å². The van der Waals surface area contributed by atoms with Gasteiger partial charge in [-0.15, -0.1) is 0 Å². The van der Waals surface area contributed by atoms with E-state index in [0.29, 0.717) is 23.9 Å². The van der Waals surface area contributed by atoms with Gasteiger partial charge in [-0.3, -0.25) is 4.98 Å². The molecule has 3 heterocycles. The van der Waals surface area contributed by atoms with Crippen molar-refractivity contribution in [1.82, 2.24) is 9.29 Å². The first-order valence-corrected chi connectivity index (χ1v) is 12.1. The maximum atomic E-state index is 13.3. The van der Waals surface area contributed by atoms with E-state index in [-0.39, 0.29) is 12.0 Å². The highest BCUT2D eigenvalue weighted by atomic mass is 32.2. The second-order valence-corrected chi connectivity index (χ2v) is 10.3. The molecule has 0 saturated carbocycles. The van der Waals surface area contributed by atoms with Gasteiger partial charge in [0.2, 0.25) is 10.0 Å². The molecular formula is C23H27N3O2S. The quantitative estimate of drug-likeness (QED) is 0.760. The minimum Gasteiger partial charge on any atom is -0.378 e. The van der Waals surface area contributed by atoms with E-state index >= 15 is 0 Å². The Morgan fingerprint density at radius 2 is 1.90 bits per heavy atom. The van der Waals surface area contributed by atoms with E-state index in [2.05, 4.69) is 28.5 Å². The predicted octanol–water partition coefficient (Wildman–Crippen LogP) is 4.47. The third kappa shape index (κ3) is 3.38. The van der Waals surface area contributed by atoms with Gasteiger partial charge in [-0.25, -0.2) is 8.42 Å². The number of allylic oxidation sites excluding steroid dienone is 2. The molecule has 0 bridgehead atoms. The summed E-state index contributed by atoms with van der Waals surface area (Å²) >= 11 is 0. The summed E-state index contributed by atoms with van der Waals surface area (Å²) in [6.45, 7) is 1.26. The second-order valence-electron chi connectivity index (χ2n) is 8.33. The lowest BCUT2D eigenvalue weighted by atomic mass is 9.77. The Labute approximate surface area is 172 Å². The van der Waals surface area contributed by atoms with Crippen molar-refractivity contribution in [2.45, 2.75) is 49.0 Å². The van der Waals surface area contributed by atoms with Crippen LogP contribution in [0.5, 0.6) is 0 Å². The molecule has 3 aliphatic rings. The molecule has 6 heteroatoms. The van der Waals surface area contributed by atoms with Crippen LogP contribution in [0, 0.1) is 5.92 Å². The van der Waals surface area contributed by atoms with Crippen LogP contribution in [-0.4, -0.2) is 30.8 Å². The molecule has 29 heavy (non-hydrogen) atoms. The molecule has 0 amide bonds. The van der Waals surface area contributed by atoms with Crippen LogP contribution < -0.4 is 5.32 Å². The smallest absolute Gasteiger partial charge is 0.243 e. The van der Waals surface area contributed by atoms with E-state index in [9.17, 15) is 8.42 Å². The van der Waals surface area contributed by atoms with Crippen molar-refractivity contribution in [2.24, 2.45) is 5.92 Å². The lowest BCUT2D eigenvalue weighted by Crippen LogP contribution is -2.33. The summed E-state index contributed by atoms with van der Waals surface area (Å²) < 4.78 is 28.2. The number of hydrogen-bond acceptors (Lipinski definition) is 4. The molecule has 1 saturated heterocycles. The van der Waals surface area contributed by atoms with Crippen LogP contribution in [0.1, 0.15) is 55.2 Å². The minimum atomic E-state index is -3.44. The SMILES string of the molecule is O=S(=O)(c1ccc2c(c1)C1C=CCC1C(c1cccnc1)N2)N1CCCCCC1. The number of sulfonamides is 1. The van der Waals surface area contributed by atoms with E-state index in [4.69, 9.17) is 0 Å². The molecule has 5 rings (SSSR count). The summed E-state index contributed by atoms with van der Waals surface area (Å²) in [6.07, 6.45) is 13.3. The zero-order chi connectivity index (χ0) is 19.8. The summed E-state index contributed by atoms with van der Waals surface area (Å²) in [6, 6.07) is 9.90. The Hall–Kier alpha value is -2.18. The number of aromatic nitrogens is 1. The van der Waals surface area contributed by atoms with Crippen molar-refractivity contribution in [3.8, 4) is 0 Å². The van der Waals surface area contributed by atoms with E-state index in [0.717, 1.165) is 43.4 Å². The van der Waals surface area contributed by atoms with Gasteiger partial charge in [0.25, 0.3) is 0 Å². The Morgan fingerprint density at radius 1 is 1.07 bits per heavy atom. The molecule has 2 aromatic rings. The summed E-state index contributed by atoms with van der Waals surface area (Å²) in [5, 5.41) is 3.66. The Kier molecular flexibility index (Phi) is 4.92. The van der Waals surface area contributed by atoms with Crippen molar-refractivity contribution < 1.29 is 8.42 Å². The molecule has 3 unspecified atom stereocenters. The minimum absolute atomic E-state index is 0.185. The number of rotatable bonds is 3. The number of anilines is 1. The van der Waals surface area contributed by atoms with E-state index in [1.807, 2.05) is 24.4 Å². The van der Waals surface area contributed by atoms with Crippen molar-refractivity contribution in [3.63, 3.8) is 0 Å². The highest BCUT2D eigenvalue weighted by Crippen LogP contribution is 2.50. The molecule has 5 nitrogen and oxygen atoms in total. The summed E-state index contributed by atoms with van der Waals surface area (Å²) in [4.78, 5) is 4.72. The van der Waals surface area contributed by atoms with Crippen molar-refractivity contribution in [3.05, 3.63) is 66.0 Å². The van der Waals surface area contributed by atoms with Gasteiger partial charge in [0, 0.05) is 37.1 Å². The lowest BCUT2D eigenvalue weighted by molar-refractivity contribution is 0.419. The zero-order valence-corrected chi connectivity index (χ0v) is 17.3. The van der Waals surface area contributed by atoms with Crippen molar-refractivity contribution >= 4 is 15.7 Å². The van der Waals surface area contributed by atoms with Gasteiger partial charge in [0.15, 0.2) is 0 Å². The predicted molar refractivity (Wildman–Crippen MR) is 114 cm³/mol. The first kappa shape index (κ1) is 18.8. The van der Waals surface area contributed by atoms with E-state index < -0.39 is 10.0 Å². The molecular weight excluding hydrogens is 382 g/mol. The van der Waals surface area contributed by atoms with Crippen molar-refractivity contribution in [2.75, 3.05) is 18.4 Å². The molecule has 1 N–H and O–H groups in total. The first-order valence-electron chi connectivity index (χ1n) is 10.6. The topological polar surface area (TPSA) is 62.3 Å². The van der Waals surface area contributed by atoms with Gasteiger partial charge in [-0.1, -0.05) is 31.1 Å². The molecule has 1 aromatic heterocycles. The number of hydrogen-bond donors (Lipinski definition) is 1.